The van der Waals surface area contributed by atoms with E-state index in [2.05, 4.69) is 15.9 Å². The summed E-state index contributed by atoms with van der Waals surface area (Å²) in [6, 6.07) is 10.9. The van der Waals surface area contributed by atoms with E-state index in [0.717, 1.165) is 10.0 Å². The van der Waals surface area contributed by atoms with Gasteiger partial charge in [-0.1, -0.05) is 34.1 Å². The summed E-state index contributed by atoms with van der Waals surface area (Å²) < 4.78 is 6.00. The van der Waals surface area contributed by atoms with E-state index in [1.165, 1.54) is 0 Å². The Morgan fingerprint density at radius 3 is 2.65 bits per heavy atom. The highest BCUT2D eigenvalue weighted by Gasteiger charge is 2.23. The van der Waals surface area contributed by atoms with Crippen molar-refractivity contribution < 1.29 is 14.3 Å². The molecular weight excluding hydrogens is 284 g/mol. The minimum Gasteiger partial charge on any atom is -0.481 e. The van der Waals surface area contributed by atoms with Crippen LogP contribution in [0, 0.1) is 0 Å². The lowest BCUT2D eigenvalue weighted by Gasteiger charge is -2.12. The highest BCUT2D eigenvalue weighted by molar-refractivity contribution is 9.10. The maximum absolute atomic E-state index is 11.3. The van der Waals surface area contributed by atoms with Gasteiger partial charge in [0.15, 0.2) is 0 Å². The lowest BCUT2D eigenvalue weighted by Crippen LogP contribution is -2.14. The molecule has 0 aliphatic carbocycles. The van der Waals surface area contributed by atoms with Crippen molar-refractivity contribution in [2.45, 2.75) is 12.3 Å². The largest absolute Gasteiger partial charge is 0.481 e. The predicted octanol–water partition coefficient (Wildman–Crippen LogP) is 3.45. The molecule has 1 N–H and O–H groups in total. The van der Waals surface area contributed by atoms with Crippen LogP contribution in [0.1, 0.15) is 17.2 Å². The Bertz CT molecular complexity index is 505. The van der Waals surface area contributed by atoms with Crippen LogP contribution < -0.4 is 0 Å². The molecule has 1 aromatic carbocycles. The first-order valence-corrected chi connectivity index (χ1v) is 5.97. The maximum Gasteiger partial charge on any atom is 0.311 e. The molecule has 0 saturated heterocycles. The molecule has 1 aromatic heterocycles. The first kappa shape index (κ1) is 11.9. The predicted molar refractivity (Wildman–Crippen MR) is 66.9 cm³/mol. The Morgan fingerprint density at radius 1 is 1.29 bits per heavy atom. The smallest absolute Gasteiger partial charge is 0.311 e. The van der Waals surface area contributed by atoms with Crippen molar-refractivity contribution in [3.8, 4) is 0 Å². The van der Waals surface area contributed by atoms with Crippen molar-refractivity contribution in [2.24, 2.45) is 0 Å². The molecule has 17 heavy (non-hydrogen) atoms. The Labute approximate surface area is 107 Å². The molecule has 1 atom stereocenters. The molecule has 0 fully saturated rings. The zero-order valence-electron chi connectivity index (χ0n) is 8.97. The summed E-state index contributed by atoms with van der Waals surface area (Å²) in [4.78, 5) is 11.3. The van der Waals surface area contributed by atoms with Crippen molar-refractivity contribution in [1.82, 2.24) is 0 Å². The molecule has 88 valence electrons. The number of aliphatic carboxylic acids is 1. The Hall–Kier alpha value is -1.55. The topological polar surface area (TPSA) is 50.4 Å². The summed E-state index contributed by atoms with van der Waals surface area (Å²) in [6.07, 6.45) is 1.90. The molecule has 0 radical (unpaired) electrons. The van der Waals surface area contributed by atoms with E-state index in [4.69, 9.17) is 4.42 Å². The number of halogens is 1. The molecule has 3 nitrogen and oxygen atoms in total. The van der Waals surface area contributed by atoms with Crippen molar-refractivity contribution in [3.05, 3.63) is 58.5 Å². The first-order valence-electron chi connectivity index (χ1n) is 5.18. The second-order valence-electron chi connectivity index (χ2n) is 3.70. The van der Waals surface area contributed by atoms with Crippen LogP contribution in [0.4, 0.5) is 0 Å². The monoisotopic (exact) mass is 294 g/mol. The maximum atomic E-state index is 11.3. The van der Waals surface area contributed by atoms with Crippen molar-refractivity contribution in [2.75, 3.05) is 0 Å². The van der Waals surface area contributed by atoms with E-state index in [-0.39, 0.29) is 0 Å². The zero-order chi connectivity index (χ0) is 12.3. The fraction of sp³-hybridized carbons (Fsp3) is 0.154. The highest BCUT2D eigenvalue weighted by atomic mass is 79.9. The van der Waals surface area contributed by atoms with Crippen molar-refractivity contribution >= 4 is 21.9 Å². The van der Waals surface area contributed by atoms with Gasteiger partial charge in [0, 0.05) is 10.9 Å². The summed E-state index contributed by atoms with van der Waals surface area (Å²) in [6.45, 7) is 0. The average Bonchev–Trinajstić information content (AvgIpc) is 2.79. The molecular formula is C13H11BrO3. The SMILES string of the molecule is O=C(O)C(Cc1ccco1)c1ccccc1Br. The van der Waals surface area contributed by atoms with Gasteiger partial charge in [-0.15, -0.1) is 0 Å². The lowest BCUT2D eigenvalue weighted by atomic mass is 9.95. The number of carboxylic acid groups (broad SMARTS) is 1. The lowest BCUT2D eigenvalue weighted by molar-refractivity contribution is -0.138. The third-order valence-corrected chi connectivity index (χ3v) is 3.29. The van der Waals surface area contributed by atoms with Gasteiger partial charge >= 0.3 is 5.97 Å². The minimum atomic E-state index is -0.853. The number of rotatable bonds is 4. The van der Waals surface area contributed by atoms with Crippen LogP contribution >= 0.6 is 15.9 Å². The second-order valence-corrected chi connectivity index (χ2v) is 4.55. The van der Waals surface area contributed by atoms with Gasteiger partial charge in [0.05, 0.1) is 12.2 Å². The number of carbonyl (C=O) groups is 1. The Kier molecular flexibility index (Phi) is 3.64. The van der Waals surface area contributed by atoms with Gasteiger partial charge in [-0.2, -0.15) is 0 Å². The van der Waals surface area contributed by atoms with Crippen LogP contribution in [0.25, 0.3) is 0 Å². The number of hydrogen-bond acceptors (Lipinski definition) is 2. The van der Waals surface area contributed by atoms with Gasteiger partial charge in [-0.3, -0.25) is 4.79 Å². The molecule has 0 bridgehead atoms. The minimum absolute atomic E-state index is 0.352. The molecule has 1 heterocycles. The van der Waals surface area contributed by atoms with Crippen LogP contribution in [0.2, 0.25) is 0 Å². The van der Waals surface area contributed by atoms with Crippen molar-refractivity contribution in [3.63, 3.8) is 0 Å². The molecule has 1 unspecified atom stereocenters. The van der Waals surface area contributed by atoms with Crippen LogP contribution in [0.5, 0.6) is 0 Å². The number of hydrogen-bond donors (Lipinski definition) is 1. The van der Waals surface area contributed by atoms with Gasteiger partial charge in [0.25, 0.3) is 0 Å². The van der Waals surface area contributed by atoms with Crippen molar-refractivity contribution in [1.29, 1.82) is 0 Å². The van der Waals surface area contributed by atoms with Crippen LogP contribution in [0.15, 0.2) is 51.6 Å². The van der Waals surface area contributed by atoms with E-state index < -0.39 is 11.9 Å². The molecule has 0 saturated carbocycles. The Balaban J connectivity index is 2.30. The van der Waals surface area contributed by atoms with Crippen LogP contribution in [0.3, 0.4) is 0 Å². The zero-order valence-corrected chi connectivity index (χ0v) is 10.6. The fourth-order valence-electron chi connectivity index (χ4n) is 1.72. The molecule has 0 aliphatic rings. The summed E-state index contributed by atoms with van der Waals surface area (Å²) in [5, 5.41) is 9.29. The van der Waals surface area contributed by atoms with Crippen LogP contribution in [-0.4, -0.2) is 11.1 Å². The van der Waals surface area contributed by atoms with E-state index in [0.29, 0.717) is 12.2 Å². The van der Waals surface area contributed by atoms with E-state index in [1.807, 2.05) is 24.3 Å². The summed E-state index contributed by atoms with van der Waals surface area (Å²) >= 11 is 3.38. The Morgan fingerprint density at radius 2 is 2.06 bits per heavy atom. The van der Waals surface area contributed by atoms with Gasteiger partial charge in [0.1, 0.15) is 5.76 Å². The summed E-state index contributed by atoms with van der Waals surface area (Å²) in [5.41, 5.74) is 0.761. The average molecular weight is 295 g/mol. The first-order chi connectivity index (χ1) is 8.18. The second kappa shape index (κ2) is 5.19. The standard InChI is InChI=1S/C13H11BrO3/c14-12-6-2-1-5-10(12)11(13(15)16)8-9-4-3-7-17-9/h1-7,11H,8H2,(H,15,16). The number of carboxylic acids is 1. The normalized spacial score (nSPS) is 12.3. The van der Waals surface area contributed by atoms with E-state index in [9.17, 15) is 9.90 Å². The van der Waals surface area contributed by atoms with Gasteiger partial charge < -0.3 is 9.52 Å². The number of benzene rings is 1. The highest BCUT2D eigenvalue weighted by Crippen LogP contribution is 2.28. The summed E-state index contributed by atoms with van der Waals surface area (Å²) in [5.74, 6) is -0.779. The third kappa shape index (κ3) is 2.77. The van der Waals surface area contributed by atoms with Gasteiger partial charge in [0.2, 0.25) is 0 Å². The molecule has 4 heteroatoms. The van der Waals surface area contributed by atoms with Crippen LogP contribution in [-0.2, 0) is 11.2 Å². The molecule has 2 aromatic rings. The molecule has 0 amide bonds. The van der Waals surface area contributed by atoms with E-state index in [1.54, 1.807) is 18.4 Å². The van der Waals surface area contributed by atoms with Gasteiger partial charge in [-0.25, -0.2) is 0 Å². The number of furan rings is 1. The molecule has 0 spiro atoms. The molecule has 2 rings (SSSR count). The van der Waals surface area contributed by atoms with Gasteiger partial charge in [-0.05, 0) is 23.8 Å². The van der Waals surface area contributed by atoms with E-state index >= 15 is 0 Å². The third-order valence-electron chi connectivity index (χ3n) is 2.56. The quantitative estimate of drug-likeness (QED) is 0.939. The fourth-order valence-corrected chi connectivity index (χ4v) is 2.28. The summed E-state index contributed by atoms with van der Waals surface area (Å²) in [7, 11) is 0. The molecule has 0 aliphatic heterocycles.